The molecule has 3 aromatic carbocycles. The summed E-state index contributed by atoms with van der Waals surface area (Å²) in [5.74, 6) is -1.17. The van der Waals surface area contributed by atoms with Crippen molar-refractivity contribution in [3.63, 3.8) is 0 Å². The van der Waals surface area contributed by atoms with Crippen molar-refractivity contribution in [3.8, 4) is 0 Å². The second-order valence-corrected chi connectivity index (χ2v) is 12.3. The Morgan fingerprint density at radius 3 is 2.21 bits per heavy atom. The Labute approximate surface area is 255 Å². The van der Waals surface area contributed by atoms with E-state index in [-0.39, 0.29) is 17.9 Å². The van der Waals surface area contributed by atoms with Gasteiger partial charge in [-0.2, -0.15) is 13.2 Å². The average molecular weight is 638 g/mol. The molecule has 2 amide bonds. The monoisotopic (exact) mass is 637 g/mol. The van der Waals surface area contributed by atoms with Crippen molar-refractivity contribution in [2.24, 2.45) is 0 Å². The summed E-state index contributed by atoms with van der Waals surface area (Å²) in [5.41, 5.74) is 0.0340. The molecule has 0 fully saturated rings. The van der Waals surface area contributed by atoms with Crippen LogP contribution >= 0.6 is 11.6 Å². The first kappa shape index (κ1) is 33.9. The maximum atomic E-state index is 14.1. The minimum atomic E-state index is -4.87. The Morgan fingerprint density at radius 1 is 0.977 bits per heavy atom. The van der Waals surface area contributed by atoms with Gasteiger partial charge in [-0.15, -0.1) is 0 Å². The zero-order chi connectivity index (χ0) is 31.8. The molecule has 0 aliphatic carbocycles. The number of benzene rings is 3. The summed E-state index contributed by atoms with van der Waals surface area (Å²) in [4.78, 5) is 28.3. The lowest BCUT2D eigenvalue weighted by Crippen LogP contribution is -2.52. The molecule has 12 heteroatoms. The van der Waals surface area contributed by atoms with Crippen LogP contribution < -0.4 is 9.62 Å². The van der Waals surface area contributed by atoms with Gasteiger partial charge in [-0.25, -0.2) is 8.42 Å². The number of amides is 2. The summed E-state index contributed by atoms with van der Waals surface area (Å²) >= 11 is 5.81. The Morgan fingerprint density at radius 2 is 1.63 bits per heavy atom. The smallest absolute Gasteiger partial charge is 0.354 e. The normalized spacial score (nSPS) is 12.4. The highest BCUT2D eigenvalue weighted by Gasteiger charge is 2.37. The van der Waals surface area contributed by atoms with Crippen LogP contribution in [0.5, 0.6) is 0 Å². The third kappa shape index (κ3) is 8.73. The first-order valence-electron chi connectivity index (χ1n) is 13.9. The second kappa shape index (κ2) is 14.7. The zero-order valence-corrected chi connectivity index (χ0v) is 25.8. The van der Waals surface area contributed by atoms with Crippen molar-refractivity contribution < 1.29 is 31.2 Å². The molecule has 1 N–H and O–H groups in total. The number of nitrogens with zero attached hydrogens (tertiary/aromatic N) is 2. The third-order valence-electron chi connectivity index (χ3n) is 6.84. The van der Waals surface area contributed by atoms with Gasteiger partial charge in [0.15, 0.2) is 0 Å². The first-order chi connectivity index (χ1) is 20.3. The van der Waals surface area contributed by atoms with E-state index in [1.165, 1.54) is 29.2 Å². The van der Waals surface area contributed by atoms with Gasteiger partial charge in [0.25, 0.3) is 10.0 Å². The summed E-state index contributed by atoms with van der Waals surface area (Å²) in [5, 5.41) is 2.22. The predicted octanol–water partition coefficient (Wildman–Crippen LogP) is 6.59. The number of anilines is 1. The van der Waals surface area contributed by atoms with E-state index in [4.69, 9.17) is 11.6 Å². The highest BCUT2D eigenvalue weighted by molar-refractivity contribution is 7.92. The number of sulfonamides is 1. The van der Waals surface area contributed by atoms with E-state index in [9.17, 15) is 31.2 Å². The fourth-order valence-electron chi connectivity index (χ4n) is 4.45. The van der Waals surface area contributed by atoms with Crippen LogP contribution in [0.25, 0.3) is 0 Å². The van der Waals surface area contributed by atoms with E-state index in [2.05, 4.69) is 5.32 Å². The lowest BCUT2D eigenvalue weighted by Gasteiger charge is -2.33. The van der Waals surface area contributed by atoms with Crippen LogP contribution in [0.3, 0.4) is 0 Å². The van der Waals surface area contributed by atoms with E-state index in [0.29, 0.717) is 22.5 Å². The van der Waals surface area contributed by atoms with E-state index >= 15 is 0 Å². The van der Waals surface area contributed by atoms with Gasteiger partial charge in [0.1, 0.15) is 12.6 Å². The quantitative estimate of drug-likeness (QED) is 0.214. The van der Waals surface area contributed by atoms with Gasteiger partial charge in [0.2, 0.25) is 11.8 Å². The molecule has 3 rings (SSSR count). The van der Waals surface area contributed by atoms with Gasteiger partial charge in [0, 0.05) is 13.1 Å². The van der Waals surface area contributed by atoms with Gasteiger partial charge < -0.3 is 10.2 Å². The maximum Gasteiger partial charge on any atom is 0.417 e. The lowest BCUT2D eigenvalue weighted by atomic mass is 10.1. The van der Waals surface area contributed by atoms with Gasteiger partial charge in [0.05, 0.1) is 21.2 Å². The molecule has 3 aromatic rings. The molecule has 0 aliphatic heterocycles. The van der Waals surface area contributed by atoms with Gasteiger partial charge in [-0.3, -0.25) is 13.9 Å². The number of alkyl halides is 3. The molecule has 0 heterocycles. The van der Waals surface area contributed by atoms with Crippen molar-refractivity contribution in [3.05, 3.63) is 94.5 Å². The average Bonchev–Trinajstić information content (AvgIpc) is 2.97. The van der Waals surface area contributed by atoms with E-state index in [0.717, 1.165) is 30.5 Å². The summed E-state index contributed by atoms with van der Waals surface area (Å²) in [6.07, 6.45) is -3.08. The van der Waals surface area contributed by atoms with Crippen molar-refractivity contribution >= 4 is 39.1 Å². The Hall–Kier alpha value is -3.57. The first-order valence-corrected chi connectivity index (χ1v) is 15.7. The van der Waals surface area contributed by atoms with E-state index in [1.807, 2.05) is 26.0 Å². The van der Waals surface area contributed by atoms with E-state index in [1.54, 1.807) is 25.1 Å². The Kier molecular flexibility index (Phi) is 11.6. The number of hydrogen-bond donors (Lipinski definition) is 1. The molecular weight excluding hydrogens is 603 g/mol. The molecule has 0 aliphatic rings. The van der Waals surface area contributed by atoms with E-state index < -0.39 is 56.9 Å². The summed E-state index contributed by atoms with van der Waals surface area (Å²) in [6.45, 7) is 5.12. The van der Waals surface area contributed by atoms with Gasteiger partial charge >= 0.3 is 6.18 Å². The molecule has 0 saturated carbocycles. The summed E-state index contributed by atoms with van der Waals surface area (Å²) < 4.78 is 69.6. The standard InChI is InChI=1S/C31H35ClF3N3O4S/c1-4-6-18-36-30(40)28(5-2)37(20-23-14-12-22(3)13-15-23)29(39)21-38(43(41,42)25-10-8-7-9-11-25)24-16-17-27(32)26(19-24)31(33,34)35/h7-17,19,28H,4-6,18,20-21H2,1-3H3,(H,36,40)/t28-/m1/s1. The topological polar surface area (TPSA) is 86.8 Å². The number of rotatable bonds is 13. The molecule has 0 unspecified atom stereocenters. The second-order valence-electron chi connectivity index (χ2n) is 10.1. The Bertz CT molecular complexity index is 1500. The summed E-state index contributed by atoms with van der Waals surface area (Å²) in [6, 6.07) is 16.1. The maximum absolute atomic E-state index is 14.1. The molecule has 0 saturated heterocycles. The van der Waals surface area contributed by atoms with Crippen molar-refractivity contribution in [2.75, 3.05) is 17.4 Å². The minimum absolute atomic E-state index is 0.0214. The number of aryl methyl sites for hydroxylation is 1. The zero-order valence-electron chi connectivity index (χ0n) is 24.2. The molecule has 1 atom stereocenters. The van der Waals surface area contributed by atoms with Crippen LogP contribution in [0, 0.1) is 6.92 Å². The number of hydrogen-bond acceptors (Lipinski definition) is 4. The van der Waals surface area contributed by atoms with Gasteiger partial charge in [-0.05, 0) is 55.7 Å². The lowest BCUT2D eigenvalue weighted by molar-refractivity contribution is -0.140. The van der Waals surface area contributed by atoms with Crippen molar-refractivity contribution in [2.45, 2.75) is 63.7 Å². The molecule has 0 radical (unpaired) electrons. The van der Waals surface area contributed by atoms with Crippen molar-refractivity contribution in [1.29, 1.82) is 0 Å². The number of nitrogens with one attached hydrogen (secondary N) is 1. The molecule has 0 aromatic heterocycles. The Balaban J connectivity index is 2.11. The largest absolute Gasteiger partial charge is 0.417 e. The number of carbonyl (C=O) groups excluding carboxylic acids is 2. The van der Waals surface area contributed by atoms with Crippen LogP contribution in [-0.2, 0) is 32.3 Å². The van der Waals surface area contributed by atoms with Crippen LogP contribution in [0.4, 0.5) is 18.9 Å². The fraction of sp³-hybridized carbons (Fsp3) is 0.355. The molecule has 232 valence electrons. The van der Waals surface area contributed by atoms with Crippen molar-refractivity contribution in [1.82, 2.24) is 10.2 Å². The third-order valence-corrected chi connectivity index (χ3v) is 8.96. The molecule has 7 nitrogen and oxygen atoms in total. The summed E-state index contributed by atoms with van der Waals surface area (Å²) in [7, 11) is -4.53. The number of carbonyl (C=O) groups is 2. The predicted molar refractivity (Wildman–Crippen MR) is 161 cm³/mol. The van der Waals surface area contributed by atoms with Gasteiger partial charge in [-0.1, -0.05) is 79.9 Å². The van der Waals surface area contributed by atoms with Crippen LogP contribution in [0.1, 0.15) is 49.8 Å². The SMILES string of the molecule is CCCCNC(=O)[C@@H](CC)N(Cc1ccc(C)cc1)C(=O)CN(c1ccc(Cl)c(C(F)(F)F)c1)S(=O)(=O)c1ccccc1. The minimum Gasteiger partial charge on any atom is -0.354 e. The molecular formula is C31H35ClF3N3O4S. The molecule has 0 spiro atoms. The van der Waals surface area contributed by atoms with Crippen LogP contribution in [0.15, 0.2) is 77.7 Å². The van der Waals surface area contributed by atoms with Crippen LogP contribution in [-0.4, -0.2) is 44.3 Å². The highest BCUT2D eigenvalue weighted by atomic mass is 35.5. The number of unbranched alkanes of at least 4 members (excludes halogenated alkanes) is 1. The fourth-order valence-corrected chi connectivity index (χ4v) is 6.10. The molecule has 0 bridgehead atoms. The number of halogens is 4. The molecule has 43 heavy (non-hydrogen) atoms. The highest BCUT2D eigenvalue weighted by Crippen LogP contribution is 2.38. The van der Waals surface area contributed by atoms with Crippen LogP contribution in [0.2, 0.25) is 5.02 Å².